The van der Waals surface area contributed by atoms with Crippen LogP contribution in [0.5, 0.6) is 0 Å². The average molecular weight is 369 g/mol. The highest BCUT2D eigenvalue weighted by Gasteiger charge is 2.41. The second-order valence-electron chi connectivity index (χ2n) is 7.31. The van der Waals surface area contributed by atoms with E-state index in [9.17, 15) is 4.21 Å². The monoisotopic (exact) mass is 368 g/mol. The minimum absolute atomic E-state index is 0.993. The second kappa shape index (κ2) is 6.43. The molecule has 0 atom stereocenters. The Morgan fingerprint density at radius 3 is 1.29 bits per heavy atom. The lowest BCUT2D eigenvalue weighted by Crippen LogP contribution is -2.48. The van der Waals surface area contributed by atoms with E-state index in [1.165, 1.54) is 10.4 Å². The molecule has 24 heavy (non-hydrogen) atoms. The molecule has 2 aromatic carbocycles. The summed E-state index contributed by atoms with van der Waals surface area (Å²) in [5.74, 6) is 0. The fourth-order valence-electron chi connectivity index (χ4n) is 3.27. The van der Waals surface area contributed by atoms with E-state index in [2.05, 4.69) is 86.9 Å². The van der Waals surface area contributed by atoms with Crippen molar-refractivity contribution in [2.45, 2.75) is 26.2 Å². The summed E-state index contributed by atoms with van der Waals surface area (Å²) in [5.41, 5.74) is 0. The molecule has 0 amide bonds. The molecule has 1 heterocycles. The van der Waals surface area contributed by atoms with Crippen molar-refractivity contribution in [2.24, 2.45) is 0 Å². The van der Waals surface area contributed by atoms with Crippen molar-refractivity contribution in [3.05, 3.63) is 81.9 Å². The van der Waals surface area contributed by atoms with Gasteiger partial charge in [-0.3, -0.25) is 4.21 Å². The van der Waals surface area contributed by atoms with E-state index in [0.29, 0.717) is 0 Å². The Kier molecular flexibility index (Phi) is 4.64. The van der Waals surface area contributed by atoms with Crippen LogP contribution in [0.3, 0.4) is 0 Å². The van der Waals surface area contributed by atoms with Gasteiger partial charge >= 0.3 is 0 Å². The normalized spacial score (nSPS) is 16.0. The quantitative estimate of drug-likeness (QED) is 0.750. The van der Waals surface area contributed by atoms with E-state index in [1.54, 1.807) is 0 Å². The van der Waals surface area contributed by atoms with Crippen LogP contribution in [-0.2, 0) is 10.8 Å². The molecule has 0 aromatic heterocycles. The maximum atomic E-state index is 13.4. The van der Waals surface area contributed by atoms with Crippen molar-refractivity contribution in [2.75, 3.05) is 0 Å². The Balaban J connectivity index is 1.92. The van der Waals surface area contributed by atoms with E-state index < -0.39 is 26.9 Å². The number of benzene rings is 2. The molecule has 1 aliphatic heterocycles. The van der Waals surface area contributed by atoms with Crippen LogP contribution in [0.15, 0.2) is 81.9 Å². The largest absolute Gasteiger partial charge is 0.251 e. The number of rotatable bonds is 4. The smallest absolute Gasteiger partial charge is 0.123 e. The molecule has 0 radical (unpaired) electrons. The number of allylic oxidation sites excluding steroid dienone is 2. The van der Waals surface area contributed by atoms with Crippen LogP contribution >= 0.6 is 0 Å². The van der Waals surface area contributed by atoms with Crippen molar-refractivity contribution >= 4 is 37.3 Å². The van der Waals surface area contributed by atoms with Crippen molar-refractivity contribution in [3.8, 4) is 0 Å². The molecule has 1 nitrogen and oxygen atoms in total. The van der Waals surface area contributed by atoms with Crippen LogP contribution in [0.2, 0.25) is 26.2 Å². The van der Waals surface area contributed by atoms with E-state index in [0.717, 1.165) is 9.06 Å². The molecule has 1 aliphatic rings. The first-order chi connectivity index (χ1) is 11.3. The van der Waals surface area contributed by atoms with Gasteiger partial charge in [0.2, 0.25) is 0 Å². The summed E-state index contributed by atoms with van der Waals surface area (Å²) in [7, 11) is -4.79. The average Bonchev–Trinajstić information content (AvgIpc) is 2.99. The van der Waals surface area contributed by atoms with Crippen LogP contribution in [-0.4, -0.2) is 20.4 Å². The summed E-state index contributed by atoms with van der Waals surface area (Å²) in [6.45, 7) is 9.22. The lowest BCUT2D eigenvalue weighted by Gasteiger charge is -2.28. The third-order valence-electron chi connectivity index (χ3n) is 5.01. The molecule has 2 aromatic rings. The summed E-state index contributed by atoms with van der Waals surface area (Å²) in [4.78, 5) is 0. The van der Waals surface area contributed by atoms with Gasteiger partial charge in [-0.15, -0.1) is 0 Å². The first kappa shape index (κ1) is 17.3. The van der Waals surface area contributed by atoms with Crippen molar-refractivity contribution in [3.63, 3.8) is 0 Å². The molecular weight excluding hydrogens is 344 g/mol. The summed E-state index contributed by atoms with van der Waals surface area (Å²) < 4.78 is 15.7. The number of hydrogen-bond acceptors (Lipinski definition) is 1. The fourth-order valence-corrected chi connectivity index (χ4v) is 12.9. The molecule has 0 saturated carbocycles. The Bertz CT molecular complexity index is 752. The van der Waals surface area contributed by atoms with Gasteiger partial charge in [0, 0.05) is 9.06 Å². The highest BCUT2D eigenvalue weighted by Crippen LogP contribution is 2.33. The molecule has 0 fully saturated rings. The minimum atomic E-state index is -1.90. The zero-order valence-electron chi connectivity index (χ0n) is 14.7. The van der Waals surface area contributed by atoms with Gasteiger partial charge in [0.05, 0.1) is 10.8 Å². The van der Waals surface area contributed by atoms with Crippen molar-refractivity contribution in [1.29, 1.82) is 0 Å². The van der Waals surface area contributed by atoms with E-state index in [-0.39, 0.29) is 0 Å². The van der Waals surface area contributed by atoms with Gasteiger partial charge in [0.25, 0.3) is 0 Å². The SMILES string of the molecule is C[Si](C)(C1=CC=C([Si](C)(C)c2ccccc2)S1=O)c1ccccc1. The van der Waals surface area contributed by atoms with E-state index in [4.69, 9.17) is 0 Å². The standard InChI is InChI=1S/C20H24OSSi2/c1-23(2,17-11-7-5-8-12-17)19-15-16-20(22(19)21)24(3,4)18-13-9-6-10-14-18/h5-16H,1-4H3. The lowest BCUT2D eigenvalue weighted by molar-refractivity contribution is 0.692. The first-order valence-electron chi connectivity index (χ1n) is 8.31. The van der Waals surface area contributed by atoms with Crippen molar-refractivity contribution in [1.82, 2.24) is 0 Å². The summed E-state index contributed by atoms with van der Waals surface area (Å²) in [6.07, 6.45) is 4.31. The van der Waals surface area contributed by atoms with Gasteiger partial charge in [-0.2, -0.15) is 0 Å². The van der Waals surface area contributed by atoms with Gasteiger partial charge in [-0.05, 0) is 0 Å². The molecule has 0 bridgehead atoms. The zero-order chi connectivity index (χ0) is 17.4. The molecule has 124 valence electrons. The van der Waals surface area contributed by atoms with Crippen molar-refractivity contribution < 1.29 is 4.21 Å². The molecule has 0 spiro atoms. The summed E-state index contributed by atoms with van der Waals surface area (Å²) in [6, 6.07) is 21.2. The van der Waals surface area contributed by atoms with Gasteiger partial charge in [0.1, 0.15) is 16.1 Å². The molecule has 0 unspecified atom stereocenters. The molecule has 0 N–H and O–H groups in total. The van der Waals surface area contributed by atoms with Gasteiger partial charge in [0.15, 0.2) is 0 Å². The van der Waals surface area contributed by atoms with Gasteiger partial charge < -0.3 is 0 Å². The molecule has 4 heteroatoms. The Hall–Kier alpha value is -1.50. The van der Waals surface area contributed by atoms with E-state index in [1.807, 2.05) is 12.1 Å². The van der Waals surface area contributed by atoms with Gasteiger partial charge in [-0.25, -0.2) is 0 Å². The first-order valence-corrected chi connectivity index (χ1v) is 15.5. The Labute approximate surface area is 149 Å². The maximum absolute atomic E-state index is 13.4. The maximum Gasteiger partial charge on any atom is 0.123 e. The topological polar surface area (TPSA) is 17.1 Å². The molecule has 3 rings (SSSR count). The molecular formula is C20H24OSSi2. The van der Waals surface area contributed by atoms with Crippen LogP contribution in [0, 0.1) is 0 Å². The second-order valence-corrected chi connectivity index (χ2v) is 18.2. The van der Waals surface area contributed by atoms with Crippen LogP contribution < -0.4 is 10.4 Å². The highest BCUT2D eigenvalue weighted by atomic mass is 32.2. The summed E-state index contributed by atoms with van der Waals surface area (Å²) >= 11 is 0. The number of hydrogen-bond donors (Lipinski definition) is 0. The van der Waals surface area contributed by atoms with Crippen LogP contribution in [0.4, 0.5) is 0 Å². The predicted octanol–water partition coefficient (Wildman–Crippen LogP) is 3.83. The Morgan fingerprint density at radius 2 is 0.958 bits per heavy atom. The minimum Gasteiger partial charge on any atom is -0.251 e. The van der Waals surface area contributed by atoms with E-state index >= 15 is 0 Å². The third-order valence-corrected chi connectivity index (χ3v) is 16.6. The molecule has 0 aliphatic carbocycles. The Morgan fingerprint density at radius 1 is 0.625 bits per heavy atom. The predicted molar refractivity (Wildman–Crippen MR) is 111 cm³/mol. The molecule has 0 saturated heterocycles. The highest BCUT2D eigenvalue weighted by molar-refractivity contribution is 7.98. The van der Waals surface area contributed by atoms with Crippen LogP contribution in [0.1, 0.15) is 0 Å². The fraction of sp³-hybridized carbons (Fsp3) is 0.200. The zero-order valence-corrected chi connectivity index (χ0v) is 17.6. The van der Waals surface area contributed by atoms with Gasteiger partial charge in [-0.1, -0.05) is 109 Å². The third kappa shape index (κ3) is 2.94. The summed E-state index contributed by atoms with van der Waals surface area (Å²) in [5, 5.41) is 2.69. The van der Waals surface area contributed by atoms with Crippen LogP contribution in [0.25, 0.3) is 0 Å². The lowest BCUT2D eigenvalue weighted by atomic mass is 10.4.